The van der Waals surface area contributed by atoms with E-state index < -0.39 is 11.5 Å². The average molecular weight is 331 g/mol. The number of carbonyl (C=O) groups is 1. The van der Waals surface area contributed by atoms with Crippen molar-refractivity contribution in [3.05, 3.63) is 84.4 Å². The lowest BCUT2D eigenvalue weighted by atomic mass is 9.84. The second kappa shape index (κ2) is 5.46. The highest BCUT2D eigenvalue weighted by atomic mass is 16.3. The first-order valence-electron chi connectivity index (χ1n) is 8.05. The molecule has 0 spiro atoms. The van der Waals surface area contributed by atoms with Gasteiger partial charge in [0.05, 0.1) is 5.69 Å². The fourth-order valence-electron chi connectivity index (χ4n) is 3.63. The fraction of sp³-hybridized carbons (Fsp3) is 0.0952. The van der Waals surface area contributed by atoms with E-state index in [9.17, 15) is 15.0 Å². The third-order valence-corrected chi connectivity index (χ3v) is 4.72. The second-order valence-electron chi connectivity index (χ2n) is 6.11. The van der Waals surface area contributed by atoms with E-state index in [1.165, 1.54) is 11.0 Å². The number of fused-ring (bicyclic) bond motifs is 2. The van der Waals surface area contributed by atoms with Crippen LogP contribution in [0.15, 0.2) is 73.3 Å². The van der Waals surface area contributed by atoms with Crippen LogP contribution in [0.3, 0.4) is 0 Å². The van der Waals surface area contributed by atoms with Crippen molar-refractivity contribution in [1.29, 1.82) is 0 Å². The van der Waals surface area contributed by atoms with Crippen molar-refractivity contribution in [2.24, 2.45) is 0 Å². The minimum Gasteiger partial charge on any atom is -0.508 e. The summed E-state index contributed by atoms with van der Waals surface area (Å²) in [6.45, 7) is 3.98. The molecule has 0 bridgehead atoms. The minimum absolute atomic E-state index is 0.107. The molecule has 1 aliphatic rings. The van der Waals surface area contributed by atoms with Crippen LogP contribution >= 0.6 is 0 Å². The molecule has 3 aromatic rings. The Morgan fingerprint density at radius 1 is 1.04 bits per heavy atom. The Balaban J connectivity index is 2.07. The van der Waals surface area contributed by atoms with Crippen LogP contribution in [0.4, 0.5) is 5.69 Å². The van der Waals surface area contributed by atoms with Gasteiger partial charge in [-0.05, 0) is 22.9 Å². The van der Waals surface area contributed by atoms with Crippen molar-refractivity contribution in [2.75, 3.05) is 11.4 Å². The Morgan fingerprint density at radius 2 is 1.76 bits per heavy atom. The molecule has 0 fully saturated rings. The van der Waals surface area contributed by atoms with Gasteiger partial charge in [0.2, 0.25) is 5.60 Å². The molecule has 4 nitrogen and oxygen atoms in total. The van der Waals surface area contributed by atoms with Crippen LogP contribution in [0.5, 0.6) is 5.75 Å². The van der Waals surface area contributed by atoms with E-state index in [4.69, 9.17) is 0 Å². The first kappa shape index (κ1) is 15.4. The third-order valence-electron chi connectivity index (χ3n) is 4.72. The Hall–Kier alpha value is -3.11. The van der Waals surface area contributed by atoms with Crippen LogP contribution in [0.25, 0.3) is 10.8 Å². The van der Waals surface area contributed by atoms with Crippen LogP contribution in [-0.2, 0) is 10.4 Å². The quantitative estimate of drug-likeness (QED) is 0.724. The Labute approximate surface area is 145 Å². The van der Waals surface area contributed by atoms with Gasteiger partial charge in [0.1, 0.15) is 5.75 Å². The second-order valence-corrected chi connectivity index (χ2v) is 6.11. The summed E-state index contributed by atoms with van der Waals surface area (Å²) in [5.41, 5.74) is -0.629. The van der Waals surface area contributed by atoms with Crippen LogP contribution in [0.2, 0.25) is 0 Å². The van der Waals surface area contributed by atoms with E-state index in [1.807, 2.05) is 24.3 Å². The first-order valence-corrected chi connectivity index (χ1v) is 8.05. The summed E-state index contributed by atoms with van der Waals surface area (Å²) in [5.74, 6) is -0.593. The molecule has 1 atom stereocenters. The van der Waals surface area contributed by atoms with Gasteiger partial charge in [-0.25, -0.2) is 0 Å². The number of hydrogen-bond acceptors (Lipinski definition) is 3. The number of carbonyl (C=O) groups excluding carboxylic acids is 1. The van der Waals surface area contributed by atoms with Crippen molar-refractivity contribution in [3.8, 4) is 5.75 Å². The maximum Gasteiger partial charge on any atom is 0.268 e. The lowest BCUT2D eigenvalue weighted by Gasteiger charge is -2.25. The lowest BCUT2D eigenvalue weighted by molar-refractivity contribution is -0.132. The average Bonchev–Trinajstić information content (AvgIpc) is 2.85. The zero-order chi connectivity index (χ0) is 17.6. The molecule has 1 heterocycles. The molecule has 124 valence electrons. The standard InChI is InChI=1S/C21H17NO3/c1-2-13-22-17-10-6-5-9-16(17)21(25,20(22)24)19-15-8-4-3-7-14(15)11-12-18(19)23/h2-12,23,25H,1,13H2. The van der Waals surface area contributed by atoms with Crippen molar-refractivity contribution in [3.63, 3.8) is 0 Å². The fourth-order valence-corrected chi connectivity index (χ4v) is 3.63. The molecule has 4 rings (SSSR count). The van der Waals surface area contributed by atoms with Crippen molar-refractivity contribution in [1.82, 2.24) is 0 Å². The molecule has 2 N–H and O–H groups in total. The van der Waals surface area contributed by atoms with Gasteiger partial charge in [0.15, 0.2) is 0 Å². The van der Waals surface area contributed by atoms with Crippen molar-refractivity contribution in [2.45, 2.75) is 5.60 Å². The monoisotopic (exact) mass is 331 g/mol. The molecule has 0 radical (unpaired) electrons. The third kappa shape index (κ3) is 2.01. The van der Waals surface area contributed by atoms with E-state index >= 15 is 0 Å². The molecular weight excluding hydrogens is 314 g/mol. The molecule has 1 aliphatic heterocycles. The number of phenolic OH excluding ortho intramolecular Hbond substituents is 1. The Bertz CT molecular complexity index is 1010. The summed E-state index contributed by atoms with van der Waals surface area (Å²) in [6.07, 6.45) is 1.61. The summed E-state index contributed by atoms with van der Waals surface area (Å²) in [5, 5.41) is 23.6. The van der Waals surface area contributed by atoms with Gasteiger partial charge in [0.25, 0.3) is 5.91 Å². The molecule has 0 saturated heterocycles. The highest BCUT2D eigenvalue weighted by Crippen LogP contribution is 2.48. The molecule has 4 heteroatoms. The van der Waals surface area contributed by atoms with Gasteiger partial charge in [-0.2, -0.15) is 0 Å². The topological polar surface area (TPSA) is 60.8 Å². The lowest BCUT2D eigenvalue weighted by Crippen LogP contribution is -2.41. The molecule has 0 aliphatic carbocycles. The molecule has 0 saturated carbocycles. The largest absolute Gasteiger partial charge is 0.508 e. The number of rotatable bonds is 3. The number of nitrogens with zero attached hydrogens (tertiary/aromatic N) is 1. The molecule has 25 heavy (non-hydrogen) atoms. The number of anilines is 1. The molecular formula is C21H17NO3. The summed E-state index contributed by atoms with van der Waals surface area (Å²) >= 11 is 0. The highest BCUT2D eigenvalue weighted by Gasteiger charge is 2.52. The number of para-hydroxylation sites is 1. The van der Waals surface area contributed by atoms with Crippen molar-refractivity contribution >= 4 is 22.4 Å². The first-order chi connectivity index (χ1) is 12.1. The van der Waals surface area contributed by atoms with Gasteiger partial charge < -0.3 is 15.1 Å². The number of benzene rings is 3. The van der Waals surface area contributed by atoms with Crippen molar-refractivity contribution < 1.29 is 15.0 Å². The van der Waals surface area contributed by atoms with Gasteiger partial charge in [-0.15, -0.1) is 6.58 Å². The maximum absolute atomic E-state index is 13.2. The smallest absolute Gasteiger partial charge is 0.268 e. The molecule has 1 unspecified atom stereocenters. The minimum atomic E-state index is -1.94. The van der Waals surface area contributed by atoms with E-state index in [0.717, 1.165) is 5.39 Å². The van der Waals surface area contributed by atoms with Gasteiger partial charge in [-0.1, -0.05) is 54.6 Å². The Morgan fingerprint density at radius 3 is 2.56 bits per heavy atom. The summed E-state index contributed by atoms with van der Waals surface area (Å²) in [6, 6.07) is 17.8. The van der Waals surface area contributed by atoms with E-state index in [0.29, 0.717) is 16.6 Å². The van der Waals surface area contributed by atoms with Crippen LogP contribution in [0.1, 0.15) is 11.1 Å². The van der Waals surface area contributed by atoms with Gasteiger partial charge in [-0.3, -0.25) is 4.79 Å². The predicted molar refractivity (Wildman–Crippen MR) is 97.6 cm³/mol. The highest BCUT2D eigenvalue weighted by molar-refractivity contribution is 6.11. The van der Waals surface area contributed by atoms with Crippen LogP contribution < -0.4 is 4.90 Å². The number of aromatic hydroxyl groups is 1. The van der Waals surface area contributed by atoms with Gasteiger partial charge in [0, 0.05) is 17.7 Å². The van der Waals surface area contributed by atoms with E-state index in [2.05, 4.69) is 6.58 Å². The number of aliphatic hydroxyl groups is 1. The Kier molecular flexibility index (Phi) is 3.37. The zero-order valence-corrected chi connectivity index (χ0v) is 13.5. The van der Waals surface area contributed by atoms with E-state index in [-0.39, 0.29) is 17.9 Å². The zero-order valence-electron chi connectivity index (χ0n) is 13.5. The maximum atomic E-state index is 13.2. The summed E-state index contributed by atoms with van der Waals surface area (Å²) in [4.78, 5) is 14.7. The summed E-state index contributed by atoms with van der Waals surface area (Å²) in [7, 11) is 0. The van der Waals surface area contributed by atoms with Gasteiger partial charge >= 0.3 is 0 Å². The molecule has 1 amide bonds. The predicted octanol–water partition coefficient (Wildman–Crippen LogP) is 3.31. The van der Waals surface area contributed by atoms with Crippen LogP contribution in [0, 0.1) is 0 Å². The number of amides is 1. The summed E-state index contributed by atoms with van der Waals surface area (Å²) < 4.78 is 0. The number of hydrogen-bond donors (Lipinski definition) is 2. The number of phenols is 1. The molecule has 3 aromatic carbocycles. The van der Waals surface area contributed by atoms with E-state index in [1.54, 1.807) is 36.4 Å². The normalized spacial score (nSPS) is 19.2. The van der Waals surface area contributed by atoms with Crippen LogP contribution in [-0.4, -0.2) is 22.7 Å². The SMILES string of the molecule is C=CCN1C(=O)C(O)(c2c(O)ccc3ccccc23)c2ccccc21. The molecule has 0 aromatic heterocycles.